The van der Waals surface area contributed by atoms with Gasteiger partial charge in [0.05, 0.1) is 5.01 Å². The van der Waals surface area contributed by atoms with E-state index >= 15 is 0 Å². The Hall–Kier alpha value is -1.26. The molecule has 8 heteroatoms. The molecule has 1 aliphatic rings. The number of thiazole rings is 1. The standard InChI is InChI=1S/C23H34FN5S.HI/c1-3-20-16-27-22(30-20)9-12-26-23(25-4-2)28-15-18-10-13-29(14-11-18)17-19-7-5-6-8-21(19)24;/h5-8,16,18H,3-4,9-15,17H2,1-2H3,(H2,25,26,28);1H. The third-order valence-electron chi connectivity index (χ3n) is 5.49. The van der Waals surface area contributed by atoms with Gasteiger partial charge in [0, 0.05) is 49.2 Å². The van der Waals surface area contributed by atoms with Gasteiger partial charge >= 0.3 is 0 Å². The Kier molecular flexibility index (Phi) is 11.7. The number of nitrogens with one attached hydrogen (secondary N) is 2. The van der Waals surface area contributed by atoms with Gasteiger partial charge in [-0.15, -0.1) is 35.3 Å². The van der Waals surface area contributed by atoms with Gasteiger partial charge in [0.15, 0.2) is 5.96 Å². The average molecular weight is 560 g/mol. The lowest BCUT2D eigenvalue weighted by atomic mass is 9.96. The molecule has 5 nitrogen and oxygen atoms in total. The molecule has 3 rings (SSSR count). The Balaban J connectivity index is 0.00000341. The van der Waals surface area contributed by atoms with Gasteiger partial charge in [-0.1, -0.05) is 25.1 Å². The van der Waals surface area contributed by atoms with Gasteiger partial charge in [-0.05, 0) is 51.3 Å². The molecular formula is C23H35FIN5S. The molecule has 2 aromatic rings. The van der Waals surface area contributed by atoms with Crippen LogP contribution in [0.3, 0.4) is 0 Å². The van der Waals surface area contributed by atoms with E-state index in [1.54, 1.807) is 23.5 Å². The summed E-state index contributed by atoms with van der Waals surface area (Å²) < 4.78 is 13.9. The second kappa shape index (κ2) is 14.0. The second-order valence-corrected chi connectivity index (χ2v) is 8.98. The van der Waals surface area contributed by atoms with Crippen LogP contribution >= 0.6 is 35.3 Å². The fourth-order valence-electron chi connectivity index (χ4n) is 3.67. The van der Waals surface area contributed by atoms with E-state index in [1.165, 1.54) is 9.88 Å². The van der Waals surface area contributed by atoms with Crippen molar-refractivity contribution in [1.29, 1.82) is 0 Å². The van der Waals surface area contributed by atoms with E-state index in [0.717, 1.165) is 69.9 Å². The first-order valence-electron chi connectivity index (χ1n) is 11.1. The molecule has 31 heavy (non-hydrogen) atoms. The van der Waals surface area contributed by atoms with E-state index in [1.807, 2.05) is 18.3 Å². The zero-order chi connectivity index (χ0) is 21.2. The summed E-state index contributed by atoms with van der Waals surface area (Å²) in [6.07, 6.45) is 6.17. The number of aliphatic imine (C=N–C) groups is 1. The van der Waals surface area contributed by atoms with Crippen molar-refractivity contribution < 1.29 is 4.39 Å². The molecule has 0 spiro atoms. The summed E-state index contributed by atoms with van der Waals surface area (Å²) >= 11 is 1.80. The smallest absolute Gasteiger partial charge is 0.191 e. The first-order valence-corrected chi connectivity index (χ1v) is 11.9. The average Bonchev–Trinajstić information content (AvgIpc) is 3.23. The molecule has 172 valence electrons. The lowest BCUT2D eigenvalue weighted by Gasteiger charge is -2.31. The SMILES string of the molecule is CCNC(=NCC1CCN(Cc2ccccc2F)CC1)NCCc1ncc(CC)s1.I. The molecule has 1 aromatic carbocycles. The van der Waals surface area contributed by atoms with Crippen LogP contribution in [0.1, 0.15) is 42.1 Å². The van der Waals surface area contributed by atoms with Gasteiger partial charge in [-0.3, -0.25) is 9.89 Å². The maximum atomic E-state index is 13.9. The van der Waals surface area contributed by atoms with Gasteiger partial charge in [-0.25, -0.2) is 9.37 Å². The zero-order valence-corrected chi connectivity index (χ0v) is 21.7. The van der Waals surface area contributed by atoms with Gasteiger partial charge in [-0.2, -0.15) is 0 Å². The number of likely N-dealkylation sites (tertiary alicyclic amines) is 1. The number of guanidine groups is 1. The number of nitrogens with zero attached hydrogens (tertiary/aromatic N) is 3. The second-order valence-electron chi connectivity index (χ2n) is 7.78. The number of aromatic nitrogens is 1. The molecule has 1 aliphatic heterocycles. The Morgan fingerprint density at radius 2 is 2.00 bits per heavy atom. The highest BCUT2D eigenvalue weighted by Gasteiger charge is 2.20. The van der Waals surface area contributed by atoms with E-state index in [0.29, 0.717) is 12.5 Å². The molecule has 2 heterocycles. The van der Waals surface area contributed by atoms with E-state index in [9.17, 15) is 4.39 Å². The number of hydrogen-bond donors (Lipinski definition) is 2. The molecule has 0 bridgehead atoms. The minimum atomic E-state index is -0.103. The van der Waals surface area contributed by atoms with Crippen LogP contribution < -0.4 is 10.6 Å². The maximum absolute atomic E-state index is 13.9. The van der Waals surface area contributed by atoms with Crippen LogP contribution in [-0.2, 0) is 19.4 Å². The third kappa shape index (κ3) is 8.65. The van der Waals surface area contributed by atoms with Crippen molar-refractivity contribution in [2.24, 2.45) is 10.9 Å². The molecule has 0 radical (unpaired) electrons. The van der Waals surface area contributed by atoms with Gasteiger partial charge in [0.25, 0.3) is 0 Å². The minimum Gasteiger partial charge on any atom is -0.357 e. The maximum Gasteiger partial charge on any atom is 0.191 e. The van der Waals surface area contributed by atoms with Crippen molar-refractivity contribution in [2.45, 2.75) is 46.1 Å². The van der Waals surface area contributed by atoms with Gasteiger partial charge < -0.3 is 10.6 Å². The third-order valence-corrected chi connectivity index (χ3v) is 6.69. The zero-order valence-electron chi connectivity index (χ0n) is 18.6. The Morgan fingerprint density at radius 3 is 2.68 bits per heavy atom. The first kappa shape index (κ1) is 26.0. The summed E-state index contributed by atoms with van der Waals surface area (Å²) in [4.78, 5) is 13.0. The van der Waals surface area contributed by atoms with E-state index in [4.69, 9.17) is 4.99 Å². The predicted octanol–water partition coefficient (Wildman–Crippen LogP) is 4.47. The van der Waals surface area contributed by atoms with Crippen LogP contribution in [0.4, 0.5) is 4.39 Å². The summed E-state index contributed by atoms with van der Waals surface area (Å²) in [5, 5.41) is 7.96. The van der Waals surface area contributed by atoms with Crippen LogP contribution in [0.2, 0.25) is 0 Å². The largest absolute Gasteiger partial charge is 0.357 e. The van der Waals surface area contributed by atoms with Crippen molar-refractivity contribution in [3.63, 3.8) is 0 Å². The summed E-state index contributed by atoms with van der Waals surface area (Å²) in [6.45, 7) is 9.48. The molecule has 0 atom stereocenters. The van der Waals surface area contributed by atoms with Gasteiger partial charge in [0.1, 0.15) is 5.82 Å². The van der Waals surface area contributed by atoms with Crippen molar-refractivity contribution in [2.75, 3.05) is 32.7 Å². The molecule has 0 unspecified atom stereocenters. The number of aryl methyl sites for hydroxylation is 1. The lowest BCUT2D eigenvalue weighted by Crippen LogP contribution is -2.39. The molecule has 2 N–H and O–H groups in total. The normalized spacial score (nSPS) is 15.5. The number of piperidine rings is 1. The number of benzene rings is 1. The fraction of sp³-hybridized carbons (Fsp3) is 0.565. The molecular weight excluding hydrogens is 524 g/mol. The fourth-order valence-corrected chi connectivity index (χ4v) is 4.53. The Labute approximate surface area is 207 Å². The summed E-state index contributed by atoms with van der Waals surface area (Å²) in [5.41, 5.74) is 0.791. The van der Waals surface area contributed by atoms with E-state index < -0.39 is 0 Å². The summed E-state index contributed by atoms with van der Waals surface area (Å²) in [5.74, 6) is 1.37. The Bertz CT molecular complexity index is 805. The number of rotatable bonds is 9. The van der Waals surface area contributed by atoms with E-state index in [-0.39, 0.29) is 29.8 Å². The summed E-state index contributed by atoms with van der Waals surface area (Å²) in [7, 11) is 0. The number of hydrogen-bond acceptors (Lipinski definition) is 4. The highest BCUT2D eigenvalue weighted by atomic mass is 127. The van der Waals surface area contributed by atoms with Crippen molar-refractivity contribution in [1.82, 2.24) is 20.5 Å². The quantitative estimate of drug-likeness (QED) is 0.271. The van der Waals surface area contributed by atoms with Crippen LogP contribution in [0, 0.1) is 11.7 Å². The van der Waals surface area contributed by atoms with Gasteiger partial charge in [0.2, 0.25) is 0 Å². The van der Waals surface area contributed by atoms with Crippen molar-refractivity contribution in [3.05, 3.63) is 51.7 Å². The molecule has 1 aromatic heterocycles. The minimum absolute atomic E-state index is 0. The Morgan fingerprint density at radius 1 is 1.23 bits per heavy atom. The lowest BCUT2D eigenvalue weighted by molar-refractivity contribution is 0.179. The monoisotopic (exact) mass is 559 g/mol. The van der Waals surface area contributed by atoms with Crippen LogP contribution in [0.25, 0.3) is 0 Å². The highest BCUT2D eigenvalue weighted by molar-refractivity contribution is 14.0. The van der Waals surface area contributed by atoms with Crippen LogP contribution in [0.5, 0.6) is 0 Å². The molecule has 0 amide bonds. The summed E-state index contributed by atoms with van der Waals surface area (Å²) in [6, 6.07) is 7.09. The highest BCUT2D eigenvalue weighted by Crippen LogP contribution is 2.20. The predicted molar refractivity (Wildman–Crippen MR) is 139 cm³/mol. The molecule has 1 fully saturated rings. The molecule has 0 aliphatic carbocycles. The van der Waals surface area contributed by atoms with E-state index in [2.05, 4.69) is 34.4 Å². The molecule has 1 saturated heterocycles. The molecule has 0 saturated carbocycles. The van der Waals surface area contributed by atoms with Crippen molar-refractivity contribution in [3.8, 4) is 0 Å². The first-order chi connectivity index (χ1) is 14.7. The number of halogens is 2. The topological polar surface area (TPSA) is 52.6 Å². The van der Waals surface area contributed by atoms with Crippen molar-refractivity contribution >= 4 is 41.3 Å². The van der Waals surface area contributed by atoms with Crippen LogP contribution in [-0.4, -0.2) is 48.6 Å². The van der Waals surface area contributed by atoms with Crippen LogP contribution in [0.15, 0.2) is 35.5 Å².